The lowest BCUT2D eigenvalue weighted by Gasteiger charge is -2.19. The summed E-state index contributed by atoms with van der Waals surface area (Å²) in [7, 11) is 1.62. The summed E-state index contributed by atoms with van der Waals surface area (Å²) < 4.78 is 19.5. The van der Waals surface area contributed by atoms with Crippen molar-refractivity contribution < 1.29 is 9.13 Å². The third-order valence-corrected chi connectivity index (χ3v) is 4.07. The minimum atomic E-state index is -0.405. The maximum Gasteiger partial charge on any atom is 0.145 e. The van der Waals surface area contributed by atoms with Crippen molar-refractivity contribution in [2.24, 2.45) is 5.73 Å². The number of hydrogen-bond acceptors (Lipinski definition) is 2. The average Bonchev–Trinajstić information content (AvgIpc) is 2.46. The second-order valence-corrected chi connectivity index (χ2v) is 5.56. The first-order valence-corrected chi connectivity index (χ1v) is 7.16. The van der Waals surface area contributed by atoms with Crippen LogP contribution < -0.4 is 10.5 Å². The third kappa shape index (κ3) is 3.20. The van der Waals surface area contributed by atoms with E-state index in [0.29, 0.717) is 12.0 Å². The highest BCUT2D eigenvalue weighted by molar-refractivity contribution is 6.30. The number of aryl methyl sites for hydroxylation is 1. The first kappa shape index (κ1) is 15.8. The fraction of sp³-hybridized carbons (Fsp3) is 0.294. The Hall–Kier alpha value is -1.58. The topological polar surface area (TPSA) is 35.2 Å². The number of halogens is 2. The Morgan fingerprint density at radius 1 is 1.24 bits per heavy atom. The summed E-state index contributed by atoms with van der Waals surface area (Å²) in [4.78, 5) is 0. The molecule has 0 saturated carbocycles. The van der Waals surface area contributed by atoms with Crippen LogP contribution in [-0.2, 0) is 6.42 Å². The van der Waals surface area contributed by atoms with E-state index in [1.165, 1.54) is 6.07 Å². The maximum absolute atomic E-state index is 14.0. The van der Waals surface area contributed by atoms with E-state index in [-0.39, 0.29) is 11.1 Å². The van der Waals surface area contributed by atoms with E-state index in [4.69, 9.17) is 22.1 Å². The minimum absolute atomic E-state index is 0.117. The maximum atomic E-state index is 14.0. The van der Waals surface area contributed by atoms with Gasteiger partial charge in [-0.25, -0.2) is 4.39 Å². The van der Waals surface area contributed by atoms with Gasteiger partial charge in [0, 0.05) is 11.6 Å². The zero-order valence-electron chi connectivity index (χ0n) is 12.4. The fourth-order valence-electron chi connectivity index (χ4n) is 2.43. The quantitative estimate of drug-likeness (QED) is 0.911. The molecule has 0 aromatic heterocycles. The van der Waals surface area contributed by atoms with E-state index in [0.717, 1.165) is 22.4 Å². The predicted molar refractivity (Wildman–Crippen MR) is 84.5 cm³/mol. The van der Waals surface area contributed by atoms with Crippen LogP contribution >= 0.6 is 11.6 Å². The highest BCUT2D eigenvalue weighted by Crippen LogP contribution is 2.32. The van der Waals surface area contributed by atoms with Crippen molar-refractivity contribution in [3.8, 4) is 5.75 Å². The first-order valence-electron chi connectivity index (χ1n) is 6.78. The Balaban J connectivity index is 2.35. The lowest BCUT2D eigenvalue weighted by atomic mass is 9.95. The van der Waals surface area contributed by atoms with Gasteiger partial charge in [0.15, 0.2) is 0 Å². The van der Waals surface area contributed by atoms with Crippen molar-refractivity contribution >= 4 is 11.6 Å². The van der Waals surface area contributed by atoms with Gasteiger partial charge in [-0.3, -0.25) is 0 Å². The van der Waals surface area contributed by atoms with E-state index < -0.39 is 5.82 Å². The monoisotopic (exact) mass is 307 g/mol. The van der Waals surface area contributed by atoms with Crippen LogP contribution in [0.15, 0.2) is 30.3 Å². The Kier molecular flexibility index (Phi) is 4.86. The summed E-state index contributed by atoms with van der Waals surface area (Å²) in [6, 6.07) is 8.55. The first-order chi connectivity index (χ1) is 9.95. The van der Waals surface area contributed by atoms with E-state index in [1.807, 2.05) is 26.0 Å². The van der Waals surface area contributed by atoms with Crippen LogP contribution in [0.5, 0.6) is 5.75 Å². The van der Waals surface area contributed by atoms with Crippen LogP contribution in [0.4, 0.5) is 4.39 Å². The molecule has 0 bridgehead atoms. The van der Waals surface area contributed by atoms with Gasteiger partial charge in [-0.2, -0.15) is 0 Å². The van der Waals surface area contributed by atoms with Gasteiger partial charge in [-0.15, -0.1) is 0 Å². The van der Waals surface area contributed by atoms with Gasteiger partial charge in [0.25, 0.3) is 0 Å². The normalized spacial score (nSPS) is 12.3. The smallest absolute Gasteiger partial charge is 0.145 e. The molecule has 4 heteroatoms. The van der Waals surface area contributed by atoms with E-state index in [2.05, 4.69) is 0 Å². The van der Waals surface area contributed by atoms with Gasteiger partial charge in [-0.1, -0.05) is 35.9 Å². The van der Waals surface area contributed by atoms with Crippen LogP contribution in [0.2, 0.25) is 5.02 Å². The molecule has 2 aromatic rings. The molecule has 0 saturated heterocycles. The molecule has 0 aliphatic rings. The molecule has 2 aromatic carbocycles. The summed E-state index contributed by atoms with van der Waals surface area (Å²) >= 11 is 5.81. The molecule has 0 fully saturated rings. The average molecular weight is 308 g/mol. The van der Waals surface area contributed by atoms with E-state index >= 15 is 0 Å². The number of ether oxygens (including phenoxy) is 1. The van der Waals surface area contributed by atoms with Crippen molar-refractivity contribution in [2.75, 3.05) is 7.11 Å². The highest BCUT2D eigenvalue weighted by atomic mass is 35.5. The molecule has 0 spiro atoms. The molecule has 0 heterocycles. The van der Waals surface area contributed by atoms with Gasteiger partial charge in [0.05, 0.1) is 12.1 Å². The predicted octanol–water partition coefficient (Wildman–Crippen LogP) is 4.35. The zero-order valence-corrected chi connectivity index (χ0v) is 13.2. The van der Waals surface area contributed by atoms with Gasteiger partial charge in [0.1, 0.15) is 11.6 Å². The number of benzene rings is 2. The molecule has 2 N–H and O–H groups in total. The number of rotatable bonds is 4. The second-order valence-electron chi connectivity index (χ2n) is 5.15. The Bertz CT molecular complexity index is 657. The molecule has 0 radical (unpaired) electrons. The second kappa shape index (κ2) is 6.46. The van der Waals surface area contributed by atoms with Gasteiger partial charge in [-0.05, 0) is 43.0 Å². The molecule has 2 rings (SSSR count). The van der Waals surface area contributed by atoms with Gasteiger partial charge < -0.3 is 10.5 Å². The Morgan fingerprint density at radius 2 is 1.95 bits per heavy atom. The van der Waals surface area contributed by atoms with Crippen LogP contribution in [0.3, 0.4) is 0 Å². The zero-order chi connectivity index (χ0) is 15.6. The number of hydrogen-bond donors (Lipinski definition) is 1. The van der Waals surface area contributed by atoms with Crippen molar-refractivity contribution in [1.82, 2.24) is 0 Å². The minimum Gasteiger partial charge on any atom is -0.496 e. The lowest BCUT2D eigenvalue weighted by Crippen LogP contribution is -2.16. The summed E-state index contributed by atoms with van der Waals surface area (Å²) in [6.45, 7) is 4.01. The van der Waals surface area contributed by atoms with E-state index in [1.54, 1.807) is 19.2 Å². The van der Waals surface area contributed by atoms with Crippen molar-refractivity contribution in [3.05, 3.63) is 63.4 Å². The van der Waals surface area contributed by atoms with Gasteiger partial charge >= 0.3 is 0 Å². The highest BCUT2D eigenvalue weighted by Gasteiger charge is 2.17. The number of methoxy groups -OCH3 is 1. The fourth-order valence-corrected chi connectivity index (χ4v) is 2.62. The Labute approximate surface area is 129 Å². The molecule has 0 amide bonds. The molecular formula is C17H19ClFNO. The number of nitrogens with two attached hydrogens (primary N) is 1. The molecule has 112 valence electrons. The molecule has 1 atom stereocenters. The van der Waals surface area contributed by atoms with Crippen LogP contribution in [0.1, 0.15) is 28.3 Å². The van der Waals surface area contributed by atoms with Crippen LogP contribution in [0, 0.1) is 19.7 Å². The lowest BCUT2D eigenvalue weighted by molar-refractivity contribution is 0.401. The molecule has 21 heavy (non-hydrogen) atoms. The van der Waals surface area contributed by atoms with E-state index in [9.17, 15) is 4.39 Å². The van der Waals surface area contributed by atoms with Crippen LogP contribution in [-0.4, -0.2) is 7.11 Å². The molecule has 1 unspecified atom stereocenters. The third-order valence-electron chi connectivity index (χ3n) is 3.78. The molecule has 0 aliphatic heterocycles. The van der Waals surface area contributed by atoms with Gasteiger partial charge in [0.2, 0.25) is 0 Å². The van der Waals surface area contributed by atoms with Crippen molar-refractivity contribution in [1.29, 1.82) is 0 Å². The summed E-state index contributed by atoms with van der Waals surface area (Å²) in [5.41, 5.74) is 9.82. The van der Waals surface area contributed by atoms with Crippen molar-refractivity contribution in [3.63, 3.8) is 0 Å². The summed E-state index contributed by atoms with van der Waals surface area (Å²) in [6.07, 6.45) is 0.366. The SMILES string of the molecule is COc1c(C(N)Cc2cccc(Cl)c2F)ccc(C)c1C. The summed E-state index contributed by atoms with van der Waals surface area (Å²) in [5.74, 6) is 0.363. The van der Waals surface area contributed by atoms with Crippen LogP contribution in [0.25, 0.3) is 0 Å². The largest absolute Gasteiger partial charge is 0.496 e. The molecule has 2 nitrogen and oxygen atoms in total. The summed E-state index contributed by atoms with van der Waals surface area (Å²) in [5, 5.41) is 0.117. The standard InChI is InChI=1S/C17H19ClFNO/c1-10-7-8-13(17(21-3)11(10)2)15(20)9-12-5-4-6-14(18)16(12)19/h4-8,15H,9,20H2,1-3H3. The molecule has 0 aliphatic carbocycles. The Morgan fingerprint density at radius 3 is 2.62 bits per heavy atom. The van der Waals surface area contributed by atoms with Crippen molar-refractivity contribution in [2.45, 2.75) is 26.3 Å². The molecular weight excluding hydrogens is 289 g/mol.